The number of fused-ring (bicyclic) bond motifs is 9. The van der Waals surface area contributed by atoms with E-state index in [9.17, 15) is 0 Å². The van der Waals surface area contributed by atoms with Crippen molar-refractivity contribution in [1.29, 1.82) is 0 Å². The lowest BCUT2D eigenvalue weighted by atomic mass is 9.90. The molecule has 0 saturated heterocycles. The highest BCUT2D eigenvalue weighted by molar-refractivity contribution is 6.16. The summed E-state index contributed by atoms with van der Waals surface area (Å²) in [5.41, 5.74) is 22.4. The van der Waals surface area contributed by atoms with Crippen LogP contribution >= 0.6 is 0 Å². The van der Waals surface area contributed by atoms with Crippen molar-refractivity contribution in [3.8, 4) is 27.9 Å². The molecule has 0 bridgehead atoms. The van der Waals surface area contributed by atoms with Crippen molar-refractivity contribution in [3.05, 3.63) is 282 Å². The summed E-state index contributed by atoms with van der Waals surface area (Å²) < 4.78 is 2.32. The molecule has 1 aromatic heterocycles. The van der Waals surface area contributed by atoms with Gasteiger partial charge in [0.2, 0.25) is 0 Å². The van der Waals surface area contributed by atoms with Gasteiger partial charge in [-0.1, -0.05) is 208 Å². The lowest BCUT2D eigenvalue weighted by Gasteiger charge is -2.29. The maximum Gasteiger partial charge on any atom is 0.160 e. The van der Waals surface area contributed by atoms with E-state index in [2.05, 4.69) is 218 Å². The first-order valence-corrected chi connectivity index (χ1v) is 25.6. The molecular formula is C69H58N4. The monoisotopic (exact) mass is 942 g/mol. The van der Waals surface area contributed by atoms with Crippen LogP contribution in [-0.2, 0) is 6.42 Å². The van der Waals surface area contributed by atoms with Gasteiger partial charge in [-0.05, 0) is 131 Å². The normalized spacial score (nSPS) is 14.4. The van der Waals surface area contributed by atoms with Gasteiger partial charge in [0.25, 0.3) is 0 Å². The highest BCUT2D eigenvalue weighted by Gasteiger charge is 2.36. The van der Waals surface area contributed by atoms with E-state index >= 15 is 0 Å². The second-order valence-corrected chi connectivity index (χ2v) is 18.6. The van der Waals surface area contributed by atoms with E-state index in [1.165, 1.54) is 89.0 Å². The Morgan fingerprint density at radius 1 is 0.534 bits per heavy atom. The Labute approximate surface area is 430 Å². The number of allylic oxidation sites excluding steroid dienone is 2. The molecule has 354 valence electrons. The second-order valence-electron chi connectivity index (χ2n) is 18.6. The van der Waals surface area contributed by atoms with Gasteiger partial charge in [-0.3, -0.25) is 0 Å². The summed E-state index contributed by atoms with van der Waals surface area (Å²) in [6, 6.07) is 79.8. The number of para-hydroxylation sites is 4. The zero-order chi connectivity index (χ0) is 49.8. The van der Waals surface area contributed by atoms with Crippen molar-refractivity contribution in [3.63, 3.8) is 0 Å². The molecule has 4 heteroatoms. The molecule has 3 aliphatic rings. The number of aromatic nitrogens is 1. The van der Waals surface area contributed by atoms with Gasteiger partial charge in [0, 0.05) is 44.7 Å². The third-order valence-corrected chi connectivity index (χ3v) is 14.2. The Balaban J connectivity index is 0.000000227. The molecule has 0 spiro atoms. The standard InChI is InChI=1S/C49H39N3.C18H13N.C2H6/c1-32-22-26-46-44(28-32)45-31-38(25-27-47(45)52(46)41-19-11-6-12-20-41)37-23-24-39-29-40-18-13-21-42(48(40)43(39)30-37)49(50-33(2)35-14-7-4-8-15-35)51-34(3)36-16-9-5-10-17-36;1-2-8-14(9-3-1)19-17-12-6-4-10-15(17)16-11-5-7-13-18(16)19;1-2/h4-25,27-28,30-31,46H,2,26,29H2,1,3H3;1-13H;1-2H3. The summed E-state index contributed by atoms with van der Waals surface area (Å²) in [5, 5.41) is 2.61. The predicted octanol–water partition coefficient (Wildman–Crippen LogP) is 17.9. The van der Waals surface area contributed by atoms with Gasteiger partial charge in [-0.15, -0.1) is 0 Å². The zero-order valence-corrected chi connectivity index (χ0v) is 42.0. The van der Waals surface area contributed by atoms with Crippen molar-refractivity contribution in [2.24, 2.45) is 9.98 Å². The molecule has 0 saturated carbocycles. The minimum atomic E-state index is 0.300. The fourth-order valence-corrected chi connectivity index (χ4v) is 10.8. The maximum absolute atomic E-state index is 5.22. The van der Waals surface area contributed by atoms with E-state index in [1.807, 2.05) is 62.4 Å². The average molecular weight is 943 g/mol. The summed E-state index contributed by atoms with van der Waals surface area (Å²) in [5.74, 6) is 0.669. The number of hydrogen-bond acceptors (Lipinski definition) is 2. The van der Waals surface area contributed by atoms with Crippen LogP contribution in [-0.4, -0.2) is 22.2 Å². The van der Waals surface area contributed by atoms with Crippen LogP contribution < -0.4 is 4.90 Å². The molecule has 1 unspecified atom stereocenters. The van der Waals surface area contributed by atoms with Crippen LogP contribution in [0.15, 0.2) is 259 Å². The smallest absolute Gasteiger partial charge is 0.160 e. The van der Waals surface area contributed by atoms with Gasteiger partial charge >= 0.3 is 0 Å². The van der Waals surface area contributed by atoms with Crippen LogP contribution in [0.2, 0.25) is 0 Å². The number of nitrogens with zero attached hydrogens (tertiary/aromatic N) is 4. The molecule has 1 aliphatic heterocycles. The molecule has 1 atom stereocenters. The lowest BCUT2D eigenvalue weighted by molar-refractivity contribution is 0.823. The average Bonchev–Trinajstić information content (AvgIpc) is 4.11. The first-order chi connectivity index (χ1) is 36.0. The third-order valence-electron chi connectivity index (χ3n) is 14.2. The van der Waals surface area contributed by atoms with Crippen molar-refractivity contribution in [2.75, 3.05) is 4.90 Å². The predicted molar refractivity (Wildman–Crippen MR) is 312 cm³/mol. The molecule has 0 fully saturated rings. The molecular weight excluding hydrogens is 885 g/mol. The van der Waals surface area contributed by atoms with Crippen molar-refractivity contribution < 1.29 is 0 Å². The molecule has 2 heterocycles. The Morgan fingerprint density at radius 3 is 1.75 bits per heavy atom. The van der Waals surface area contributed by atoms with Crippen LogP contribution in [0, 0.1) is 0 Å². The molecule has 73 heavy (non-hydrogen) atoms. The van der Waals surface area contributed by atoms with Gasteiger partial charge in [0.15, 0.2) is 5.84 Å². The quantitative estimate of drug-likeness (QED) is 0.116. The number of hydrogen-bond donors (Lipinski definition) is 0. The highest BCUT2D eigenvalue weighted by atomic mass is 15.2. The number of rotatable bonds is 7. The summed E-state index contributed by atoms with van der Waals surface area (Å²) in [4.78, 5) is 12.9. The molecule has 13 rings (SSSR count). The van der Waals surface area contributed by atoms with Gasteiger partial charge in [-0.25, -0.2) is 9.98 Å². The molecule has 2 aliphatic carbocycles. The summed E-state index contributed by atoms with van der Waals surface area (Å²) >= 11 is 0. The largest absolute Gasteiger partial charge is 0.333 e. The first kappa shape index (κ1) is 46.5. The van der Waals surface area contributed by atoms with E-state index in [0.29, 0.717) is 17.6 Å². The molecule has 9 aromatic carbocycles. The van der Waals surface area contributed by atoms with Gasteiger partial charge in [0.1, 0.15) is 0 Å². The van der Waals surface area contributed by atoms with Gasteiger partial charge in [-0.2, -0.15) is 0 Å². The molecule has 10 aromatic rings. The number of anilines is 2. The van der Waals surface area contributed by atoms with E-state index in [4.69, 9.17) is 9.98 Å². The highest BCUT2D eigenvalue weighted by Crippen LogP contribution is 2.50. The lowest BCUT2D eigenvalue weighted by Crippen LogP contribution is -2.27. The van der Waals surface area contributed by atoms with Crippen molar-refractivity contribution >= 4 is 56.0 Å². The summed E-state index contributed by atoms with van der Waals surface area (Å²) in [6.45, 7) is 12.7. The zero-order valence-electron chi connectivity index (χ0n) is 42.0. The minimum Gasteiger partial charge on any atom is -0.333 e. The van der Waals surface area contributed by atoms with Gasteiger partial charge in [0.05, 0.1) is 22.8 Å². The molecule has 0 radical (unpaired) electrons. The third kappa shape index (κ3) is 8.98. The van der Waals surface area contributed by atoms with Gasteiger partial charge < -0.3 is 9.47 Å². The van der Waals surface area contributed by atoms with Crippen LogP contribution in [0.1, 0.15) is 67.5 Å². The minimum absolute atomic E-state index is 0.300. The fourth-order valence-electron chi connectivity index (χ4n) is 10.8. The van der Waals surface area contributed by atoms with E-state index in [1.54, 1.807) is 0 Å². The van der Waals surface area contributed by atoms with Crippen LogP contribution in [0.25, 0.3) is 61.0 Å². The van der Waals surface area contributed by atoms with Crippen molar-refractivity contribution in [1.82, 2.24) is 4.57 Å². The summed E-state index contributed by atoms with van der Waals surface area (Å²) in [6.07, 6.45) is 6.63. The first-order valence-electron chi connectivity index (χ1n) is 25.6. The molecule has 0 amide bonds. The summed E-state index contributed by atoms with van der Waals surface area (Å²) in [7, 11) is 0. The van der Waals surface area contributed by atoms with E-state index in [-0.39, 0.29) is 0 Å². The molecule has 0 N–H and O–H groups in total. The molecule has 4 nitrogen and oxygen atoms in total. The van der Waals surface area contributed by atoms with Crippen LogP contribution in [0.3, 0.4) is 0 Å². The van der Waals surface area contributed by atoms with Crippen LogP contribution in [0.4, 0.5) is 11.4 Å². The number of benzene rings is 9. The second kappa shape index (κ2) is 20.5. The Bertz CT molecular complexity index is 3730. The maximum atomic E-state index is 5.22. The Hall–Kier alpha value is -8.86. The van der Waals surface area contributed by atoms with Crippen molar-refractivity contribution in [2.45, 2.75) is 46.6 Å². The van der Waals surface area contributed by atoms with Crippen LogP contribution in [0.5, 0.6) is 0 Å². The Kier molecular flexibility index (Phi) is 13.0. The van der Waals surface area contributed by atoms with E-state index in [0.717, 1.165) is 35.2 Å². The number of aliphatic imine (C=N–C) groups is 2. The SMILES string of the molecule is C=C(N=C(N=C(C)c1ccccc1)c1cccc2c1-c1cc(-c3ccc4c(c3)C3=CC(C)=CCC3N4c3ccccc3)ccc1C2)c1ccccc1.CC.c1ccc(-n2c3ccccc3c3ccccc32)cc1. The number of amidine groups is 1. The Morgan fingerprint density at radius 2 is 1.10 bits per heavy atom. The van der Waals surface area contributed by atoms with E-state index < -0.39 is 0 Å². The fraction of sp³-hybridized carbons (Fsp3) is 0.101. The topological polar surface area (TPSA) is 32.9 Å².